The highest BCUT2D eigenvalue weighted by molar-refractivity contribution is 5.84. The normalized spacial score (nSPS) is 47.0. The van der Waals surface area contributed by atoms with Crippen LogP contribution in [-0.2, 0) is 9.53 Å². The van der Waals surface area contributed by atoms with Gasteiger partial charge in [0.05, 0.1) is 17.7 Å². The second kappa shape index (κ2) is 2.46. The Morgan fingerprint density at radius 1 is 1.42 bits per heavy atom. The van der Waals surface area contributed by atoms with Crippen molar-refractivity contribution in [2.45, 2.75) is 50.9 Å². The second-order valence-electron chi connectivity index (χ2n) is 4.17. The third kappa shape index (κ3) is 1.22. The number of carbonyl (C=O) groups is 1. The van der Waals surface area contributed by atoms with Gasteiger partial charge in [-0.15, -0.1) is 0 Å². The number of β-lactam (4-membered cyclic amide) rings is 1. The first-order valence-electron chi connectivity index (χ1n) is 4.56. The van der Waals surface area contributed by atoms with Gasteiger partial charge in [0.25, 0.3) is 0 Å². The summed E-state index contributed by atoms with van der Waals surface area (Å²) in [6, 6.07) is 0. The smallest absolute Gasteiger partial charge is 0.222 e. The standard InChI is InChI=1S/C9H15NO2/c1-6-3-9(4-7(2)12-6)5-8(11)10-9/h6-7H,3-5H2,1-2H3,(H,10,11). The van der Waals surface area contributed by atoms with E-state index in [2.05, 4.69) is 19.2 Å². The number of rotatable bonds is 0. The van der Waals surface area contributed by atoms with E-state index in [1.165, 1.54) is 0 Å². The van der Waals surface area contributed by atoms with E-state index in [0.29, 0.717) is 6.42 Å². The van der Waals surface area contributed by atoms with E-state index in [-0.39, 0.29) is 23.7 Å². The number of ether oxygens (including phenoxy) is 1. The molecule has 0 aliphatic carbocycles. The van der Waals surface area contributed by atoms with Crippen molar-refractivity contribution in [1.82, 2.24) is 5.32 Å². The molecule has 0 bridgehead atoms. The monoisotopic (exact) mass is 169 g/mol. The summed E-state index contributed by atoms with van der Waals surface area (Å²) in [5, 5.41) is 3.00. The molecule has 2 aliphatic heterocycles. The first-order chi connectivity index (χ1) is 5.60. The summed E-state index contributed by atoms with van der Waals surface area (Å²) in [6.45, 7) is 4.14. The van der Waals surface area contributed by atoms with Crippen LogP contribution in [0.5, 0.6) is 0 Å². The fraction of sp³-hybridized carbons (Fsp3) is 0.889. The van der Waals surface area contributed by atoms with Gasteiger partial charge in [0.2, 0.25) is 5.91 Å². The van der Waals surface area contributed by atoms with Crippen LogP contribution in [0.25, 0.3) is 0 Å². The SMILES string of the molecule is CC1CC2(CC(=O)N2)CC(C)O1. The van der Waals surface area contributed by atoms with Crippen LogP contribution in [0.1, 0.15) is 33.1 Å². The number of carbonyl (C=O) groups excluding carboxylic acids is 1. The average molecular weight is 169 g/mol. The molecule has 2 atom stereocenters. The lowest BCUT2D eigenvalue weighted by atomic mass is 9.76. The van der Waals surface area contributed by atoms with Crippen LogP contribution in [0.2, 0.25) is 0 Å². The van der Waals surface area contributed by atoms with Crippen LogP contribution >= 0.6 is 0 Å². The van der Waals surface area contributed by atoms with Gasteiger partial charge in [0, 0.05) is 6.42 Å². The largest absolute Gasteiger partial charge is 0.375 e. The lowest BCUT2D eigenvalue weighted by Crippen LogP contribution is -2.65. The maximum Gasteiger partial charge on any atom is 0.222 e. The van der Waals surface area contributed by atoms with Crippen LogP contribution in [0, 0.1) is 0 Å². The molecule has 0 aromatic carbocycles. The first-order valence-corrected chi connectivity index (χ1v) is 4.56. The van der Waals surface area contributed by atoms with Crippen LogP contribution in [-0.4, -0.2) is 23.7 Å². The van der Waals surface area contributed by atoms with Gasteiger partial charge in [-0.3, -0.25) is 4.79 Å². The topological polar surface area (TPSA) is 38.3 Å². The Morgan fingerprint density at radius 2 is 1.92 bits per heavy atom. The molecular weight excluding hydrogens is 154 g/mol. The Hall–Kier alpha value is -0.570. The van der Waals surface area contributed by atoms with Crippen LogP contribution in [0.4, 0.5) is 0 Å². The summed E-state index contributed by atoms with van der Waals surface area (Å²) in [4.78, 5) is 10.8. The molecule has 2 saturated heterocycles. The van der Waals surface area contributed by atoms with Crippen molar-refractivity contribution in [1.29, 1.82) is 0 Å². The van der Waals surface area contributed by atoms with Gasteiger partial charge < -0.3 is 10.1 Å². The average Bonchev–Trinajstić information content (AvgIpc) is 1.80. The number of hydrogen-bond acceptors (Lipinski definition) is 2. The van der Waals surface area contributed by atoms with Crippen molar-refractivity contribution in [3.05, 3.63) is 0 Å². The second-order valence-corrected chi connectivity index (χ2v) is 4.17. The van der Waals surface area contributed by atoms with Crippen molar-refractivity contribution in [2.24, 2.45) is 0 Å². The van der Waals surface area contributed by atoms with Gasteiger partial charge in [-0.05, 0) is 26.7 Å². The maximum absolute atomic E-state index is 10.8. The van der Waals surface area contributed by atoms with Gasteiger partial charge in [0.1, 0.15) is 0 Å². The van der Waals surface area contributed by atoms with Gasteiger partial charge in [-0.2, -0.15) is 0 Å². The Bertz CT molecular complexity index is 195. The van der Waals surface area contributed by atoms with Crippen molar-refractivity contribution in [3.8, 4) is 0 Å². The highest BCUT2D eigenvalue weighted by Crippen LogP contribution is 2.36. The zero-order valence-electron chi connectivity index (χ0n) is 7.59. The van der Waals surface area contributed by atoms with Crippen molar-refractivity contribution in [2.75, 3.05) is 0 Å². The minimum Gasteiger partial charge on any atom is -0.375 e. The molecule has 2 unspecified atom stereocenters. The summed E-state index contributed by atoms with van der Waals surface area (Å²) in [7, 11) is 0. The van der Waals surface area contributed by atoms with E-state index < -0.39 is 0 Å². The third-order valence-electron chi connectivity index (χ3n) is 2.72. The molecule has 2 aliphatic rings. The third-order valence-corrected chi connectivity index (χ3v) is 2.72. The fourth-order valence-electron chi connectivity index (χ4n) is 2.51. The summed E-state index contributed by atoms with van der Waals surface area (Å²) in [5.74, 6) is 0.191. The van der Waals surface area contributed by atoms with Gasteiger partial charge >= 0.3 is 0 Å². The van der Waals surface area contributed by atoms with E-state index in [0.717, 1.165) is 12.8 Å². The molecule has 2 fully saturated rings. The molecule has 2 heterocycles. The van der Waals surface area contributed by atoms with E-state index in [4.69, 9.17) is 4.74 Å². The minimum atomic E-state index is 0.0914. The quantitative estimate of drug-likeness (QED) is 0.545. The lowest BCUT2D eigenvalue weighted by Gasteiger charge is -2.48. The Kier molecular flexibility index (Phi) is 1.65. The number of hydrogen-bond donors (Lipinski definition) is 1. The number of nitrogens with one attached hydrogen (secondary N) is 1. The van der Waals surface area contributed by atoms with Crippen molar-refractivity contribution < 1.29 is 9.53 Å². The highest BCUT2D eigenvalue weighted by atomic mass is 16.5. The summed E-state index contributed by atoms with van der Waals surface area (Å²) in [5.41, 5.74) is 0.0914. The zero-order chi connectivity index (χ0) is 8.77. The van der Waals surface area contributed by atoms with Gasteiger partial charge in [-0.1, -0.05) is 0 Å². The molecule has 0 saturated carbocycles. The molecule has 12 heavy (non-hydrogen) atoms. The minimum absolute atomic E-state index is 0.0914. The molecule has 1 spiro atoms. The number of amides is 1. The lowest BCUT2D eigenvalue weighted by molar-refractivity contribution is -0.144. The molecule has 1 N–H and O–H groups in total. The van der Waals surface area contributed by atoms with E-state index in [9.17, 15) is 4.79 Å². The molecule has 2 rings (SSSR count). The Labute approximate surface area is 72.5 Å². The summed E-state index contributed by atoms with van der Waals surface area (Å²) >= 11 is 0. The molecule has 68 valence electrons. The van der Waals surface area contributed by atoms with Crippen LogP contribution in [0.3, 0.4) is 0 Å². The van der Waals surface area contributed by atoms with Gasteiger partial charge in [-0.25, -0.2) is 0 Å². The predicted octanol–water partition coefficient (Wildman–Crippen LogP) is 0.833. The molecule has 0 aromatic heterocycles. The molecular formula is C9H15NO2. The van der Waals surface area contributed by atoms with E-state index in [1.54, 1.807) is 0 Å². The van der Waals surface area contributed by atoms with E-state index in [1.807, 2.05) is 0 Å². The molecule has 1 amide bonds. The highest BCUT2D eigenvalue weighted by Gasteiger charge is 2.47. The first kappa shape index (κ1) is 8.05. The van der Waals surface area contributed by atoms with Crippen LogP contribution in [0.15, 0.2) is 0 Å². The van der Waals surface area contributed by atoms with Gasteiger partial charge in [0.15, 0.2) is 0 Å². The zero-order valence-corrected chi connectivity index (χ0v) is 7.59. The molecule has 3 nitrogen and oxygen atoms in total. The maximum atomic E-state index is 10.8. The van der Waals surface area contributed by atoms with E-state index >= 15 is 0 Å². The van der Waals surface area contributed by atoms with Crippen LogP contribution < -0.4 is 5.32 Å². The predicted molar refractivity (Wildman–Crippen MR) is 44.7 cm³/mol. The summed E-state index contributed by atoms with van der Waals surface area (Å²) < 4.78 is 5.60. The fourth-order valence-corrected chi connectivity index (χ4v) is 2.51. The van der Waals surface area contributed by atoms with Crippen molar-refractivity contribution >= 4 is 5.91 Å². The Morgan fingerprint density at radius 3 is 2.33 bits per heavy atom. The molecule has 0 radical (unpaired) electrons. The Balaban J connectivity index is 2.02. The summed E-state index contributed by atoms with van der Waals surface area (Å²) in [6.07, 6.45) is 3.22. The molecule has 3 heteroatoms. The molecule has 0 aromatic rings. The van der Waals surface area contributed by atoms with Crippen molar-refractivity contribution in [3.63, 3.8) is 0 Å².